The maximum absolute atomic E-state index is 9.47. The summed E-state index contributed by atoms with van der Waals surface area (Å²) in [7, 11) is 0. The Balaban J connectivity index is 2.13. The molecule has 0 aliphatic carbocycles. The highest BCUT2D eigenvalue weighted by Gasteiger charge is 2.31. The Hall–Kier alpha value is -1.03. The first-order chi connectivity index (χ1) is 10.0. The molecule has 112 valence electrons. The molecule has 0 saturated carbocycles. The van der Waals surface area contributed by atoms with Crippen molar-refractivity contribution in [3.05, 3.63) is 21.3 Å². The standard InChI is InChI=1S/C15H19N3OS2/c1-15(2)7-10-11(8-16)14(20)17-13(12(10)9-21-15)18-3-5-19-6-4-18/h3-7,9H2,1-2H3,(H,17,20). The van der Waals surface area contributed by atoms with Crippen LogP contribution in [0.1, 0.15) is 30.5 Å². The molecule has 6 heteroatoms. The number of hydrogen-bond acceptors (Lipinski definition) is 5. The van der Waals surface area contributed by atoms with Gasteiger partial charge in [0.1, 0.15) is 16.5 Å². The molecule has 2 aliphatic heterocycles. The van der Waals surface area contributed by atoms with Crippen LogP contribution in [0.25, 0.3) is 0 Å². The summed E-state index contributed by atoms with van der Waals surface area (Å²) in [6, 6.07) is 2.30. The number of anilines is 1. The van der Waals surface area contributed by atoms with Crippen molar-refractivity contribution in [3.63, 3.8) is 0 Å². The summed E-state index contributed by atoms with van der Waals surface area (Å²) in [5.74, 6) is 2.02. The van der Waals surface area contributed by atoms with Gasteiger partial charge in [-0.25, -0.2) is 0 Å². The van der Waals surface area contributed by atoms with Gasteiger partial charge in [-0.3, -0.25) is 0 Å². The summed E-state index contributed by atoms with van der Waals surface area (Å²) in [4.78, 5) is 5.61. The molecule has 21 heavy (non-hydrogen) atoms. The second-order valence-corrected chi connectivity index (χ2v) is 8.16. The van der Waals surface area contributed by atoms with E-state index < -0.39 is 0 Å². The summed E-state index contributed by atoms with van der Waals surface area (Å²) in [5.41, 5.74) is 3.06. The quantitative estimate of drug-likeness (QED) is 0.806. The number of rotatable bonds is 1. The van der Waals surface area contributed by atoms with Crippen LogP contribution in [0.5, 0.6) is 0 Å². The summed E-state index contributed by atoms with van der Waals surface area (Å²) in [6.07, 6.45) is 0.894. The maximum atomic E-state index is 9.47. The minimum Gasteiger partial charge on any atom is -0.378 e. The number of thioether (sulfide) groups is 1. The summed E-state index contributed by atoms with van der Waals surface area (Å²) in [6.45, 7) is 7.70. The molecule has 3 rings (SSSR count). The fourth-order valence-corrected chi connectivity index (χ4v) is 4.30. The van der Waals surface area contributed by atoms with Crippen molar-refractivity contribution in [1.82, 2.24) is 4.98 Å². The first-order valence-corrected chi connectivity index (χ1v) is 8.56. The van der Waals surface area contributed by atoms with Crippen LogP contribution >= 0.6 is 24.0 Å². The molecular weight excluding hydrogens is 302 g/mol. The van der Waals surface area contributed by atoms with E-state index in [1.807, 2.05) is 11.8 Å². The lowest BCUT2D eigenvalue weighted by Crippen LogP contribution is -2.38. The number of fused-ring (bicyclic) bond motifs is 1. The van der Waals surface area contributed by atoms with Crippen molar-refractivity contribution in [2.45, 2.75) is 30.8 Å². The van der Waals surface area contributed by atoms with Crippen LogP contribution < -0.4 is 4.90 Å². The van der Waals surface area contributed by atoms with Crippen molar-refractivity contribution in [3.8, 4) is 6.07 Å². The van der Waals surface area contributed by atoms with E-state index in [1.54, 1.807) is 0 Å². The fraction of sp³-hybridized carbons (Fsp3) is 0.600. The molecule has 0 atom stereocenters. The summed E-state index contributed by atoms with van der Waals surface area (Å²) < 4.78 is 6.16. The number of nitrogens with one attached hydrogen (secondary N) is 1. The second kappa shape index (κ2) is 5.64. The number of H-pyrrole nitrogens is 1. The molecule has 2 aliphatic rings. The Kier molecular flexibility index (Phi) is 4.00. The van der Waals surface area contributed by atoms with Crippen LogP contribution in [0.4, 0.5) is 5.82 Å². The van der Waals surface area contributed by atoms with E-state index in [0.717, 1.165) is 49.9 Å². The molecule has 1 aromatic heterocycles. The number of morpholine rings is 1. The zero-order chi connectivity index (χ0) is 15.0. The van der Waals surface area contributed by atoms with Gasteiger partial charge in [-0.2, -0.15) is 17.0 Å². The van der Waals surface area contributed by atoms with Crippen molar-refractivity contribution >= 4 is 29.8 Å². The average Bonchev–Trinajstić information content (AvgIpc) is 2.46. The van der Waals surface area contributed by atoms with Gasteiger partial charge in [0.2, 0.25) is 0 Å². The number of aromatic nitrogens is 1. The molecule has 1 saturated heterocycles. The lowest BCUT2D eigenvalue weighted by atomic mass is 9.94. The van der Waals surface area contributed by atoms with Gasteiger partial charge >= 0.3 is 0 Å². The minimum atomic E-state index is 0.157. The van der Waals surface area contributed by atoms with E-state index in [0.29, 0.717) is 10.2 Å². The smallest absolute Gasteiger partial charge is 0.123 e. The summed E-state index contributed by atoms with van der Waals surface area (Å²) >= 11 is 7.37. The molecule has 0 radical (unpaired) electrons. The molecule has 0 unspecified atom stereocenters. The molecule has 0 amide bonds. The number of nitrogens with zero attached hydrogens (tertiary/aromatic N) is 2. The van der Waals surface area contributed by atoms with Crippen LogP contribution in [0.2, 0.25) is 0 Å². The molecular formula is C15H19N3OS2. The van der Waals surface area contributed by atoms with Gasteiger partial charge in [-0.1, -0.05) is 26.1 Å². The highest BCUT2D eigenvalue weighted by Crippen LogP contribution is 2.42. The predicted molar refractivity (Wildman–Crippen MR) is 88.5 cm³/mol. The third-order valence-electron chi connectivity index (χ3n) is 4.06. The fourth-order valence-electron chi connectivity index (χ4n) is 2.95. The Morgan fingerprint density at radius 3 is 2.71 bits per heavy atom. The van der Waals surface area contributed by atoms with E-state index in [4.69, 9.17) is 17.0 Å². The first-order valence-electron chi connectivity index (χ1n) is 7.16. The molecule has 0 bridgehead atoms. The molecule has 4 nitrogen and oxygen atoms in total. The van der Waals surface area contributed by atoms with Crippen LogP contribution in [0.3, 0.4) is 0 Å². The Bertz CT molecular complexity index is 654. The van der Waals surface area contributed by atoms with Gasteiger partial charge in [-0.05, 0) is 12.0 Å². The van der Waals surface area contributed by atoms with Gasteiger partial charge in [0.05, 0.1) is 18.8 Å². The van der Waals surface area contributed by atoms with Crippen LogP contribution in [-0.4, -0.2) is 36.0 Å². The normalized spacial score (nSPS) is 20.7. The number of ether oxygens (including phenoxy) is 1. The predicted octanol–water partition coefficient (Wildman–Crippen LogP) is 3.02. The van der Waals surface area contributed by atoms with Gasteiger partial charge in [0.15, 0.2) is 0 Å². The van der Waals surface area contributed by atoms with Crippen LogP contribution in [-0.2, 0) is 16.9 Å². The number of pyridine rings is 1. The molecule has 1 N–H and O–H groups in total. The first kappa shape index (κ1) is 14.9. The lowest BCUT2D eigenvalue weighted by molar-refractivity contribution is 0.122. The van der Waals surface area contributed by atoms with Crippen molar-refractivity contribution in [1.29, 1.82) is 5.26 Å². The monoisotopic (exact) mass is 321 g/mol. The molecule has 0 spiro atoms. The zero-order valence-corrected chi connectivity index (χ0v) is 14.0. The number of nitriles is 1. The molecule has 3 heterocycles. The van der Waals surface area contributed by atoms with E-state index in [2.05, 4.69) is 29.8 Å². The van der Waals surface area contributed by atoms with Gasteiger partial charge in [0.25, 0.3) is 0 Å². The average molecular weight is 321 g/mol. The second-order valence-electron chi connectivity index (χ2n) is 6.07. The highest BCUT2D eigenvalue weighted by molar-refractivity contribution is 7.99. The molecule has 0 aromatic carbocycles. The topological polar surface area (TPSA) is 52.0 Å². The van der Waals surface area contributed by atoms with Crippen LogP contribution in [0, 0.1) is 16.0 Å². The maximum Gasteiger partial charge on any atom is 0.123 e. The van der Waals surface area contributed by atoms with Crippen LogP contribution in [0.15, 0.2) is 0 Å². The van der Waals surface area contributed by atoms with Gasteiger partial charge in [0, 0.05) is 29.2 Å². The van der Waals surface area contributed by atoms with E-state index >= 15 is 0 Å². The largest absolute Gasteiger partial charge is 0.378 e. The highest BCUT2D eigenvalue weighted by atomic mass is 32.2. The summed E-state index contributed by atoms with van der Waals surface area (Å²) in [5, 5.41) is 9.47. The lowest BCUT2D eigenvalue weighted by Gasteiger charge is -2.36. The van der Waals surface area contributed by atoms with Gasteiger partial charge < -0.3 is 14.6 Å². The SMILES string of the molecule is CC1(C)Cc2c(c(N3CCOCC3)[nH]c(=S)c2C#N)CS1. The Morgan fingerprint density at radius 1 is 1.33 bits per heavy atom. The third-order valence-corrected chi connectivity index (χ3v) is 5.72. The van der Waals surface area contributed by atoms with Gasteiger partial charge in [-0.15, -0.1) is 0 Å². The Labute approximate surface area is 134 Å². The molecule has 1 aromatic rings. The number of aromatic amines is 1. The van der Waals surface area contributed by atoms with E-state index in [-0.39, 0.29) is 4.75 Å². The number of hydrogen-bond donors (Lipinski definition) is 1. The third kappa shape index (κ3) is 2.83. The molecule has 1 fully saturated rings. The van der Waals surface area contributed by atoms with Crippen molar-refractivity contribution in [2.75, 3.05) is 31.2 Å². The van der Waals surface area contributed by atoms with Crippen molar-refractivity contribution in [2.24, 2.45) is 0 Å². The van der Waals surface area contributed by atoms with Crippen molar-refractivity contribution < 1.29 is 4.74 Å². The zero-order valence-electron chi connectivity index (χ0n) is 12.4. The van der Waals surface area contributed by atoms with E-state index in [1.165, 1.54) is 5.56 Å². The van der Waals surface area contributed by atoms with E-state index in [9.17, 15) is 5.26 Å². The Morgan fingerprint density at radius 2 is 2.05 bits per heavy atom. The minimum absolute atomic E-state index is 0.157.